The molecule has 80 valence electrons. The Balaban J connectivity index is 2.47. The molecule has 7 nitrogen and oxygen atoms in total. The van der Waals surface area contributed by atoms with E-state index in [1.807, 2.05) is 6.92 Å². The highest BCUT2D eigenvalue weighted by atomic mass is 16.6. The normalized spacial score (nSPS) is 20.3. The third-order valence-electron chi connectivity index (χ3n) is 2.59. The van der Waals surface area contributed by atoms with Gasteiger partial charge in [-0.15, -0.1) is 0 Å². The average Bonchev–Trinajstić information content (AvgIpc) is 2.58. The van der Waals surface area contributed by atoms with Crippen LogP contribution >= 0.6 is 0 Å². The molecule has 0 saturated heterocycles. The monoisotopic (exact) mass is 210 g/mol. The highest BCUT2D eigenvalue weighted by Gasteiger charge is 2.32. The van der Waals surface area contributed by atoms with Gasteiger partial charge in [0.25, 0.3) is 5.91 Å². The Hall–Kier alpha value is -1.92. The first-order valence-electron chi connectivity index (χ1n) is 4.50. The van der Waals surface area contributed by atoms with Gasteiger partial charge in [-0.1, -0.05) is 0 Å². The lowest BCUT2D eigenvalue weighted by Crippen LogP contribution is -2.43. The molecule has 2 rings (SSSR count). The van der Waals surface area contributed by atoms with Gasteiger partial charge in [0.05, 0.1) is 23.8 Å². The van der Waals surface area contributed by atoms with E-state index in [-0.39, 0.29) is 23.5 Å². The second-order valence-electron chi connectivity index (χ2n) is 3.59. The van der Waals surface area contributed by atoms with Gasteiger partial charge in [0.1, 0.15) is 0 Å². The third-order valence-corrected chi connectivity index (χ3v) is 2.59. The lowest BCUT2D eigenvalue weighted by Gasteiger charge is -2.28. The van der Waals surface area contributed by atoms with E-state index in [0.29, 0.717) is 6.54 Å². The van der Waals surface area contributed by atoms with Crippen molar-refractivity contribution >= 4 is 11.7 Å². The molecule has 1 aromatic rings. The Morgan fingerprint density at radius 3 is 2.93 bits per heavy atom. The number of amides is 1. The van der Waals surface area contributed by atoms with Crippen molar-refractivity contribution in [3.8, 4) is 0 Å². The summed E-state index contributed by atoms with van der Waals surface area (Å²) in [5.74, 6) is -0.504. The van der Waals surface area contributed by atoms with Crippen LogP contribution in [-0.2, 0) is 6.54 Å². The number of fused-ring (bicyclic) bond motifs is 1. The highest BCUT2D eigenvalue weighted by molar-refractivity contribution is 5.93. The van der Waals surface area contributed by atoms with E-state index in [1.54, 1.807) is 11.9 Å². The van der Waals surface area contributed by atoms with Gasteiger partial charge in [-0.3, -0.25) is 4.79 Å². The molecule has 1 amide bonds. The zero-order chi connectivity index (χ0) is 11.2. The van der Waals surface area contributed by atoms with E-state index in [4.69, 9.17) is 0 Å². The topological polar surface area (TPSA) is 81.3 Å². The van der Waals surface area contributed by atoms with Crippen LogP contribution < -0.4 is 0 Å². The quantitative estimate of drug-likeness (QED) is 0.492. The van der Waals surface area contributed by atoms with Crippen molar-refractivity contribution in [3.63, 3.8) is 0 Å². The van der Waals surface area contributed by atoms with E-state index < -0.39 is 4.92 Å². The minimum Gasteiger partial charge on any atom is -0.358 e. The summed E-state index contributed by atoms with van der Waals surface area (Å²) in [6, 6.07) is 1.22. The van der Waals surface area contributed by atoms with Gasteiger partial charge in [-0.25, -0.2) is 0 Å². The Bertz CT molecular complexity index is 439. The fourth-order valence-corrected chi connectivity index (χ4v) is 1.56. The molecule has 0 saturated carbocycles. The molecule has 0 N–H and O–H groups in total. The Kier molecular flexibility index (Phi) is 1.95. The number of hydrogen-bond donors (Lipinski definition) is 0. The summed E-state index contributed by atoms with van der Waals surface area (Å²) in [7, 11) is 1.68. The Morgan fingerprint density at radius 1 is 1.67 bits per heavy atom. The number of likely N-dealkylation sites (N-methyl/N-ethyl adjacent to an activating group) is 1. The first-order valence-corrected chi connectivity index (χ1v) is 4.50. The molecule has 0 fully saturated rings. The van der Waals surface area contributed by atoms with E-state index in [2.05, 4.69) is 5.10 Å². The van der Waals surface area contributed by atoms with Crippen LogP contribution in [0.2, 0.25) is 0 Å². The summed E-state index contributed by atoms with van der Waals surface area (Å²) in [6.45, 7) is 2.36. The van der Waals surface area contributed by atoms with Crippen molar-refractivity contribution in [1.82, 2.24) is 14.7 Å². The van der Waals surface area contributed by atoms with Crippen LogP contribution in [0.5, 0.6) is 0 Å². The van der Waals surface area contributed by atoms with Gasteiger partial charge in [0.15, 0.2) is 5.69 Å². The van der Waals surface area contributed by atoms with Gasteiger partial charge in [-0.05, 0) is 11.8 Å². The van der Waals surface area contributed by atoms with Crippen molar-refractivity contribution in [2.24, 2.45) is 0 Å². The van der Waals surface area contributed by atoms with Gasteiger partial charge in [0.2, 0.25) is 0 Å². The number of nitrogens with zero attached hydrogens (tertiary/aromatic N) is 4. The maximum absolute atomic E-state index is 11.7. The molecule has 0 aliphatic carbocycles. The lowest BCUT2D eigenvalue weighted by atomic mass is 10.2. The maximum atomic E-state index is 11.7. The molecule has 0 bridgehead atoms. The number of aromatic nitrogens is 2. The van der Waals surface area contributed by atoms with Gasteiger partial charge < -0.3 is 15.0 Å². The molecular weight excluding hydrogens is 200 g/mol. The van der Waals surface area contributed by atoms with Crippen LogP contribution in [0, 0.1) is 10.1 Å². The van der Waals surface area contributed by atoms with Crippen LogP contribution in [0.3, 0.4) is 0 Å². The SMILES string of the molecule is C[C@H]1Cn2nc([N+](=O)[O-])cc2C(=O)N1C. The van der Waals surface area contributed by atoms with Crippen LogP contribution in [0.1, 0.15) is 17.4 Å². The van der Waals surface area contributed by atoms with Gasteiger partial charge in [-0.2, -0.15) is 4.68 Å². The van der Waals surface area contributed by atoms with Crippen LogP contribution in [0.15, 0.2) is 6.07 Å². The van der Waals surface area contributed by atoms with Gasteiger partial charge in [0, 0.05) is 7.05 Å². The predicted molar refractivity (Wildman–Crippen MR) is 50.4 cm³/mol. The van der Waals surface area contributed by atoms with Crippen LogP contribution in [0.25, 0.3) is 0 Å². The Morgan fingerprint density at radius 2 is 2.33 bits per heavy atom. The molecule has 1 atom stereocenters. The largest absolute Gasteiger partial charge is 0.390 e. The van der Waals surface area contributed by atoms with Crippen molar-refractivity contribution in [2.75, 3.05) is 7.05 Å². The summed E-state index contributed by atoms with van der Waals surface area (Å²) < 4.78 is 1.39. The van der Waals surface area contributed by atoms with Crippen molar-refractivity contribution in [2.45, 2.75) is 19.5 Å². The minimum atomic E-state index is -0.594. The molecule has 0 radical (unpaired) electrons. The van der Waals surface area contributed by atoms with Crippen LogP contribution in [0.4, 0.5) is 5.82 Å². The third kappa shape index (κ3) is 1.36. The number of carbonyl (C=O) groups is 1. The van der Waals surface area contributed by atoms with Gasteiger partial charge >= 0.3 is 5.82 Å². The Labute approximate surface area is 85.4 Å². The molecule has 0 aromatic carbocycles. The zero-order valence-corrected chi connectivity index (χ0v) is 8.38. The fraction of sp³-hybridized carbons (Fsp3) is 0.500. The number of rotatable bonds is 1. The second-order valence-corrected chi connectivity index (χ2v) is 3.59. The molecule has 0 spiro atoms. The molecule has 0 unspecified atom stereocenters. The summed E-state index contributed by atoms with van der Waals surface area (Å²) in [4.78, 5) is 23.2. The molecule has 1 aliphatic rings. The molecular formula is C8H10N4O3. The van der Waals surface area contributed by atoms with Crippen molar-refractivity contribution in [1.29, 1.82) is 0 Å². The summed E-state index contributed by atoms with van der Waals surface area (Å²) >= 11 is 0. The summed E-state index contributed by atoms with van der Waals surface area (Å²) in [5.41, 5.74) is 0.280. The molecule has 1 aliphatic heterocycles. The second kappa shape index (κ2) is 3.04. The lowest BCUT2D eigenvalue weighted by molar-refractivity contribution is -0.389. The summed E-state index contributed by atoms with van der Waals surface area (Å²) in [5, 5.41) is 14.2. The maximum Gasteiger partial charge on any atom is 0.390 e. The van der Waals surface area contributed by atoms with Crippen molar-refractivity contribution < 1.29 is 9.72 Å². The first kappa shape index (κ1) is 9.63. The van der Waals surface area contributed by atoms with Crippen molar-refractivity contribution in [3.05, 3.63) is 21.9 Å². The van der Waals surface area contributed by atoms with Crippen LogP contribution in [-0.4, -0.2) is 38.6 Å². The summed E-state index contributed by atoms with van der Waals surface area (Å²) in [6.07, 6.45) is 0. The zero-order valence-electron chi connectivity index (χ0n) is 8.38. The fourth-order valence-electron chi connectivity index (χ4n) is 1.56. The number of carbonyl (C=O) groups excluding carboxylic acids is 1. The predicted octanol–water partition coefficient (Wildman–Crippen LogP) is 0.265. The standard InChI is InChI=1S/C8H10N4O3/c1-5-4-11-6(8(13)10(5)2)3-7(9-11)12(14)15/h3,5H,4H2,1-2H3/t5-/m0/s1. The molecule has 2 heterocycles. The highest BCUT2D eigenvalue weighted by Crippen LogP contribution is 2.19. The smallest absolute Gasteiger partial charge is 0.358 e. The molecule has 7 heteroatoms. The number of nitro groups is 1. The van der Waals surface area contributed by atoms with E-state index in [9.17, 15) is 14.9 Å². The van der Waals surface area contributed by atoms with E-state index >= 15 is 0 Å². The number of hydrogen-bond acceptors (Lipinski definition) is 4. The van der Waals surface area contributed by atoms with E-state index in [1.165, 1.54) is 10.7 Å². The first-order chi connectivity index (χ1) is 7.00. The molecule has 15 heavy (non-hydrogen) atoms. The van der Waals surface area contributed by atoms with E-state index in [0.717, 1.165) is 0 Å². The average molecular weight is 210 g/mol. The molecule has 1 aromatic heterocycles. The minimum absolute atomic E-state index is 0.00417.